The van der Waals surface area contributed by atoms with E-state index in [0.717, 1.165) is 37.9 Å². The molecule has 0 fully saturated rings. The number of nitrogens with one attached hydrogen (secondary N) is 4. The molecule has 0 atom stereocenters. The summed E-state index contributed by atoms with van der Waals surface area (Å²) in [5, 5.41) is 0. The molecule has 4 nitrogen and oxygen atoms in total. The summed E-state index contributed by atoms with van der Waals surface area (Å²) in [5.41, 5.74) is 4.55. The van der Waals surface area contributed by atoms with Gasteiger partial charge in [-0.25, -0.2) is 0 Å². The van der Waals surface area contributed by atoms with E-state index in [4.69, 9.17) is 48.9 Å². The Morgan fingerprint density at radius 2 is 0.537 bits per heavy atom. The van der Waals surface area contributed by atoms with Gasteiger partial charge in [-0.05, 0) is 97.4 Å². The second kappa shape index (κ2) is 15.5. The minimum absolute atomic E-state index is 0. The molecule has 0 bridgehead atoms. The summed E-state index contributed by atoms with van der Waals surface area (Å²) in [4.78, 5) is 12.4. The summed E-state index contributed by atoms with van der Waals surface area (Å²) < 4.78 is 8.31. The summed E-state index contributed by atoms with van der Waals surface area (Å²) in [6.45, 7) is 0. The Labute approximate surface area is 288 Å². The summed E-state index contributed by atoms with van der Waals surface area (Å²) in [5.74, 6) is 0. The smallest absolute Gasteiger partial charge is 0.159 e. The molecular formula is C28H20N4S8Sn. The number of thiazole rings is 4. The fourth-order valence-electron chi connectivity index (χ4n) is 3.58. The fourth-order valence-corrected chi connectivity index (χ4v) is 8.04. The van der Waals surface area contributed by atoms with Crippen LogP contribution >= 0.6 is 94.2 Å². The fraction of sp³-hybridized carbons (Fsp3) is 0. The van der Waals surface area contributed by atoms with E-state index in [-0.39, 0.29) is 23.9 Å². The Morgan fingerprint density at radius 3 is 0.732 bits per heavy atom. The molecule has 0 aliphatic rings. The number of H-pyrrole nitrogens is 4. The van der Waals surface area contributed by atoms with Gasteiger partial charge in [0.1, 0.15) is 0 Å². The van der Waals surface area contributed by atoms with E-state index in [9.17, 15) is 0 Å². The largest absolute Gasteiger partial charge is 0.337 e. The van der Waals surface area contributed by atoms with Crippen LogP contribution in [0.4, 0.5) is 0 Å². The second-order valence-corrected chi connectivity index (χ2v) is 14.9. The van der Waals surface area contributed by atoms with Crippen LogP contribution in [0.3, 0.4) is 0 Å². The van der Waals surface area contributed by atoms with Crippen LogP contribution in [0.15, 0.2) is 97.1 Å². The predicted octanol–water partition coefficient (Wildman–Crippen LogP) is 11.5. The molecule has 8 rings (SSSR count). The average Bonchev–Trinajstić information content (AvgIpc) is 3.71. The Hall–Kier alpha value is -1.88. The molecule has 4 N–H and O–H groups in total. The number of rotatable bonds is 0. The van der Waals surface area contributed by atoms with Crippen LogP contribution in [-0.2, 0) is 0 Å². The standard InChI is InChI=1S/4C7H5NS2.Sn/c4*9-7-8-5-3-1-2-4-6(5)10-7;/h4*1-4H,(H,8,9);. The van der Waals surface area contributed by atoms with Crippen molar-refractivity contribution in [1.29, 1.82) is 0 Å². The topological polar surface area (TPSA) is 63.2 Å². The van der Waals surface area contributed by atoms with Gasteiger partial charge in [-0.1, -0.05) is 48.5 Å². The number of hydrogen-bond acceptors (Lipinski definition) is 8. The van der Waals surface area contributed by atoms with E-state index < -0.39 is 0 Å². The van der Waals surface area contributed by atoms with Crippen molar-refractivity contribution in [3.8, 4) is 0 Å². The summed E-state index contributed by atoms with van der Waals surface area (Å²) >= 11 is 26.3. The third kappa shape index (κ3) is 9.05. The number of para-hydroxylation sites is 4. The maximum absolute atomic E-state index is 4.98. The van der Waals surface area contributed by atoms with Crippen LogP contribution in [0.25, 0.3) is 40.9 Å². The first-order valence-corrected chi connectivity index (χ1v) is 16.7. The first-order valence-electron chi connectivity index (χ1n) is 11.8. The van der Waals surface area contributed by atoms with E-state index in [1.807, 2.05) is 72.8 Å². The zero-order valence-electron chi connectivity index (χ0n) is 21.0. The van der Waals surface area contributed by atoms with Crippen molar-refractivity contribution >= 4 is 159 Å². The van der Waals surface area contributed by atoms with Crippen molar-refractivity contribution in [2.75, 3.05) is 0 Å². The average molecular weight is 788 g/mol. The van der Waals surface area contributed by atoms with E-state index in [1.165, 1.54) is 18.8 Å². The molecule has 8 aromatic rings. The molecule has 4 aromatic carbocycles. The SMILES string of the molecule is S=c1[nH]c2ccccc2s1.S=c1[nH]c2ccccc2s1.S=c1[nH]c2ccccc2s1.S=c1[nH]c2ccccc2s1.[Sn]. The maximum Gasteiger partial charge on any atom is 0.159 e. The first kappa shape index (κ1) is 32.0. The zero-order valence-corrected chi connectivity index (χ0v) is 30.4. The van der Waals surface area contributed by atoms with Gasteiger partial charge >= 0.3 is 0 Å². The molecule has 0 spiro atoms. The van der Waals surface area contributed by atoms with Gasteiger partial charge < -0.3 is 19.9 Å². The number of fused-ring (bicyclic) bond motifs is 4. The van der Waals surface area contributed by atoms with Gasteiger partial charge in [0.15, 0.2) is 15.8 Å². The van der Waals surface area contributed by atoms with Crippen LogP contribution in [0, 0.1) is 15.8 Å². The zero-order chi connectivity index (χ0) is 27.9. The molecule has 41 heavy (non-hydrogen) atoms. The molecule has 0 saturated carbocycles. The third-order valence-electron chi connectivity index (χ3n) is 5.31. The van der Waals surface area contributed by atoms with E-state index in [0.29, 0.717) is 0 Å². The van der Waals surface area contributed by atoms with Crippen molar-refractivity contribution in [1.82, 2.24) is 19.9 Å². The first-order chi connectivity index (χ1) is 19.4. The van der Waals surface area contributed by atoms with E-state index in [1.54, 1.807) is 45.3 Å². The van der Waals surface area contributed by atoms with Crippen LogP contribution in [0.5, 0.6) is 0 Å². The van der Waals surface area contributed by atoms with Gasteiger partial charge in [0.2, 0.25) is 0 Å². The van der Waals surface area contributed by atoms with Crippen LogP contribution in [0.1, 0.15) is 0 Å². The monoisotopic (exact) mass is 788 g/mol. The Balaban J connectivity index is 0.000000125. The number of aromatic amines is 4. The van der Waals surface area contributed by atoms with Crippen LogP contribution < -0.4 is 0 Å². The van der Waals surface area contributed by atoms with Crippen molar-refractivity contribution in [2.24, 2.45) is 0 Å². The van der Waals surface area contributed by atoms with Gasteiger partial charge in [0.05, 0.1) is 40.9 Å². The Kier molecular flexibility index (Phi) is 12.2. The number of hydrogen-bond donors (Lipinski definition) is 4. The molecule has 0 amide bonds. The molecular weight excluding hydrogens is 768 g/mol. The molecule has 0 unspecified atom stereocenters. The van der Waals surface area contributed by atoms with Crippen molar-refractivity contribution in [3.05, 3.63) is 113 Å². The minimum atomic E-state index is 0. The molecule has 13 heteroatoms. The third-order valence-corrected chi connectivity index (χ3v) is 10.2. The quantitative estimate of drug-likeness (QED) is 0.0913. The van der Waals surface area contributed by atoms with E-state index in [2.05, 4.69) is 44.2 Å². The Bertz CT molecular complexity index is 1780. The normalized spacial score (nSPS) is 10.1. The van der Waals surface area contributed by atoms with Gasteiger partial charge in [-0.15, -0.1) is 45.3 Å². The van der Waals surface area contributed by atoms with Crippen LogP contribution in [0.2, 0.25) is 0 Å². The van der Waals surface area contributed by atoms with Gasteiger partial charge in [-0.3, -0.25) is 0 Å². The van der Waals surface area contributed by atoms with Crippen molar-refractivity contribution < 1.29 is 0 Å². The van der Waals surface area contributed by atoms with Crippen molar-refractivity contribution in [3.63, 3.8) is 0 Å². The molecule has 204 valence electrons. The van der Waals surface area contributed by atoms with E-state index >= 15 is 0 Å². The molecule has 4 heterocycles. The number of benzene rings is 4. The Morgan fingerprint density at radius 1 is 0.341 bits per heavy atom. The van der Waals surface area contributed by atoms with Gasteiger partial charge in [0, 0.05) is 23.9 Å². The minimum Gasteiger partial charge on any atom is -0.337 e. The van der Waals surface area contributed by atoms with Crippen molar-refractivity contribution in [2.45, 2.75) is 0 Å². The molecule has 0 aliphatic carbocycles. The van der Waals surface area contributed by atoms with Crippen LogP contribution in [-0.4, -0.2) is 43.8 Å². The molecule has 0 saturated heterocycles. The summed E-state index contributed by atoms with van der Waals surface area (Å²) in [7, 11) is 0. The predicted molar refractivity (Wildman–Crippen MR) is 194 cm³/mol. The summed E-state index contributed by atoms with van der Waals surface area (Å²) in [6, 6.07) is 32.4. The van der Waals surface area contributed by atoms with Gasteiger partial charge in [-0.2, -0.15) is 0 Å². The molecule has 4 radical (unpaired) electrons. The summed E-state index contributed by atoms with van der Waals surface area (Å²) in [6.07, 6.45) is 0. The van der Waals surface area contributed by atoms with Gasteiger partial charge in [0.25, 0.3) is 0 Å². The molecule has 0 aliphatic heterocycles. The number of aromatic nitrogens is 4. The second-order valence-electron chi connectivity index (χ2n) is 8.04. The molecule has 4 aromatic heterocycles. The maximum atomic E-state index is 4.98.